The van der Waals surface area contributed by atoms with Crippen LogP contribution in [0.25, 0.3) is 0 Å². The van der Waals surface area contributed by atoms with E-state index in [9.17, 15) is 14.4 Å². The maximum Gasteiger partial charge on any atom is 0.308 e. The molecule has 0 aromatic carbocycles. The van der Waals surface area contributed by atoms with Crippen LogP contribution in [-0.4, -0.2) is 74.1 Å². The SMILES string of the molecule is CCCCCCCC(CCCCCCC)C(=O)OCCN(CCOC(=O)C(CCCCCCC)CCCCCCC)C(=O)C(C)CCN(C)CC. The largest absolute Gasteiger partial charge is 0.464 e. The molecule has 1 atom stereocenters. The highest BCUT2D eigenvalue weighted by Crippen LogP contribution is 2.22. The Morgan fingerprint density at radius 3 is 1.12 bits per heavy atom. The van der Waals surface area contributed by atoms with Crippen molar-refractivity contribution in [3.8, 4) is 0 Å². The maximum atomic E-state index is 13.7. The van der Waals surface area contributed by atoms with E-state index in [1.54, 1.807) is 4.90 Å². The van der Waals surface area contributed by atoms with Crippen molar-refractivity contribution in [2.75, 3.05) is 46.4 Å². The van der Waals surface area contributed by atoms with Gasteiger partial charge in [-0.2, -0.15) is 0 Å². The fraction of sp³-hybridized carbons (Fsp3) is 0.932. The van der Waals surface area contributed by atoms with Crippen LogP contribution < -0.4 is 0 Å². The first kappa shape index (κ1) is 49.4. The molecule has 0 aliphatic rings. The van der Waals surface area contributed by atoms with Gasteiger partial charge in [-0.05, 0) is 52.2 Å². The van der Waals surface area contributed by atoms with Gasteiger partial charge in [-0.15, -0.1) is 0 Å². The van der Waals surface area contributed by atoms with Crippen molar-refractivity contribution in [3.63, 3.8) is 0 Å². The number of nitrogens with zero attached hydrogens (tertiary/aromatic N) is 2. The van der Waals surface area contributed by atoms with Crippen molar-refractivity contribution in [3.05, 3.63) is 0 Å². The molecule has 0 fully saturated rings. The third-order valence-corrected chi connectivity index (χ3v) is 10.7. The average Bonchev–Trinajstić information content (AvgIpc) is 3.13. The zero-order valence-electron chi connectivity index (χ0n) is 35.1. The lowest BCUT2D eigenvalue weighted by Gasteiger charge is -2.27. The number of hydrogen-bond acceptors (Lipinski definition) is 6. The minimum absolute atomic E-state index is 0.0402. The first-order chi connectivity index (χ1) is 24.7. The van der Waals surface area contributed by atoms with Gasteiger partial charge >= 0.3 is 11.9 Å². The highest BCUT2D eigenvalue weighted by atomic mass is 16.5. The molecule has 0 heterocycles. The van der Waals surface area contributed by atoms with Crippen molar-refractivity contribution >= 4 is 17.8 Å². The van der Waals surface area contributed by atoms with E-state index in [4.69, 9.17) is 9.47 Å². The van der Waals surface area contributed by atoms with E-state index in [0.29, 0.717) is 13.1 Å². The van der Waals surface area contributed by atoms with E-state index in [1.807, 2.05) is 6.92 Å². The lowest BCUT2D eigenvalue weighted by molar-refractivity contribution is -0.153. The van der Waals surface area contributed by atoms with Gasteiger partial charge in [-0.1, -0.05) is 170 Å². The third kappa shape index (κ3) is 27.6. The van der Waals surface area contributed by atoms with E-state index < -0.39 is 0 Å². The summed E-state index contributed by atoms with van der Waals surface area (Å²) >= 11 is 0. The van der Waals surface area contributed by atoms with Crippen LogP contribution in [0.1, 0.15) is 202 Å². The number of ether oxygens (including phenoxy) is 2. The second-order valence-corrected chi connectivity index (χ2v) is 15.5. The number of carbonyl (C=O) groups is 3. The second-order valence-electron chi connectivity index (χ2n) is 15.5. The molecule has 0 saturated carbocycles. The molecular weight excluding hydrogens is 636 g/mol. The first-order valence-corrected chi connectivity index (χ1v) is 22.1. The van der Waals surface area contributed by atoms with Crippen LogP contribution in [0.4, 0.5) is 0 Å². The summed E-state index contributed by atoms with van der Waals surface area (Å²) in [5.74, 6) is -0.483. The Morgan fingerprint density at radius 2 is 0.804 bits per heavy atom. The molecule has 51 heavy (non-hydrogen) atoms. The van der Waals surface area contributed by atoms with E-state index in [1.165, 1.54) is 77.0 Å². The van der Waals surface area contributed by atoms with E-state index >= 15 is 0 Å². The van der Waals surface area contributed by atoms with Crippen LogP contribution in [0.5, 0.6) is 0 Å². The Morgan fingerprint density at radius 1 is 0.471 bits per heavy atom. The second kappa shape index (κ2) is 35.4. The standard InChI is InChI=1S/C44H86N2O5/c1-8-13-17-21-25-29-40(30-26-22-18-14-9-2)43(48)50-37-35-46(42(47)39(6)33-34-45(7)12-5)36-38-51-44(49)41(31-27-23-19-15-10-3)32-28-24-20-16-11-4/h39-41H,8-38H2,1-7H3. The highest BCUT2D eigenvalue weighted by Gasteiger charge is 2.25. The zero-order chi connectivity index (χ0) is 38.0. The summed E-state index contributed by atoms with van der Waals surface area (Å²) in [7, 11) is 2.07. The minimum Gasteiger partial charge on any atom is -0.464 e. The predicted molar refractivity (Wildman–Crippen MR) is 216 cm³/mol. The lowest BCUT2D eigenvalue weighted by Crippen LogP contribution is -2.41. The number of esters is 2. The fourth-order valence-electron chi connectivity index (χ4n) is 6.83. The predicted octanol–water partition coefficient (Wildman–Crippen LogP) is 11.6. The molecule has 0 aromatic heterocycles. The molecule has 7 heteroatoms. The molecule has 0 bridgehead atoms. The van der Waals surface area contributed by atoms with Crippen LogP contribution >= 0.6 is 0 Å². The smallest absolute Gasteiger partial charge is 0.308 e. The molecule has 0 aromatic rings. The van der Waals surface area contributed by atoms with Crippen molar-refractivity contribution in [2.24, 2.45) is 17.8 Å². The number of unbranched alkanes of at least 4 members (excludes halogenated alkanes) is 16. The van der Waals surface area contributed by atoms with Crippen LogP contribution in [0.15, 0.2) is 0 Å². The topological polar surface area (TPSA) is 76.1 Å². The molecule has 0 saturated heterocycles. The molecule has 1 unspecified atom stereocenters. The van der Waals surface area contributed by atoms with Crippen LogP contribution in [0, 0.1) is 17.8 Å². The summed E-state index contributed by atoms with van der Waals surface area (Å²) in [5, 5.41) is 0. The number of amides is 1. The molecule has 0 rings (SSSR count). The summed E-state index contributed by atoms with van der Waals surface area (Å²) in [6.45, 7) is 15.8. The summed E-state index contributed by atoms with van der Waals surface area (Å²) in [6.07, 6.45) is 27.9. The molecular formula is C44H86N2O5. The Labute approximate surface area is 317 Å². The van der Waals surface area contributed by atoms with Gasteiger partial charge in [-0.25, -0.2) is 0 Å². The van der Waals surface area contributed by atoms with Crippen molar-refractivity contribution < 1.29 is 23.9 Å². The monoisotopic (exact) mass is 723 g/mol. The maximum absolute atomic E-state index is 13.7. The van der Waals surface area contributed by atoms with Gasteiger partial charge in [0.1, 0.15) is 13.2 Å². The Balaban J connectivity index is 5.38. The van der Waals surface area contributed by atoms with Crippen molar-refractivity contribution in [1.82, 2.24) is 9.80 Å². The minimum atomic E-state index is -0.164. The van der Waals surface area contributed by atoms with Gasteiger partial charge in [-0.3, -0.25) is 14.4 Å². The van der Waals surface area contributed by atoms with Gasteiger partial charge in [0.15, 0.2) is 0 Å². The van der Waals surface area contributed by atoms with Crippen molar-refractivity contribution in [2.45, 2.75) is 202 Å². The number of rotatable bonds is 37. The van der Waals surface area contributed by atoms with Crippen LogP contribution in [-0.2, 0) is 23.9 Å². The van der Waals surface area contributed by atoms with Gasteiger partial charge in [0.25, 0.3) is 0 Å². The van der Waals surface area contributed by atoms with Gasteiger partial charge in [0, 0.05) is 5.92 Å². The molecule has 1 amide bonds. The summed E-state index contributed by atoms with van der Waals surface area (Å²) in [6, 6.07) is 0. The van der Waals surface area contributed by atoms with Crippen LogP contribution in [0.3, 0.4) is 0 Å². The van der Waals surface area contributed by atoms with Crippen molar-refractivity contribution in [1.29, 1.82) is 0 Å². The van der Waals surface area contributed by atoms with E-state index in [2.05, 4.69) is 46.6 Å². The van der Waals surface area contributed by atoms with Gasteiger partial charge in [0.05, 0.1) is 24.9 Å². The summed E-state index contributed by atoms with van der Waals surface area (Å²) in [5.41, 5.74) is 0. The van der Waals surface area contributed by atoms with Crippen LogP contribution in [0.2, 0.25) is 0 Å². The first-order valence-electron chi connectivity index (χ1n) is 22.1. The summed E-state index contributed by atoms with van der Waals surface area (Å²) in [4.78, 5) is 44.4. The lowest BCUT2D eigenvalue weighted by atomic mass is 9.94. The molecule has 0 N–H and O–H groups in total. The zero-order valence-corrected chi connectivity index (χ0v) is 35.1. The molecule has 0 aliphatic heterocycles. The number of hydrogen-bond donors (Lipinski definition) is 0. The quantitative estimate of drug-likeness (QED) is 0.0469. The summed E-state index contributed by atoms with van der Waals surface area (Å²) < 4.78 is 11.8. The molecule has 0 spiro atoms. The van der Waals surface area contributed by atoms with E-state index in [0.717, 1.165) is 96.6 Å². The van der Waals surface area contributed by atoms with E-state index in [-0.39, 0.29) is 48.8 Å². The Kier molecular flexibility index (Phi) is 34.3. The fourth-order valence-corrected chi connectivity index (χ4v) is 6.83. The molecule has 302 valence electrons. The third-order valence-electron chi connectivity index (χ3n) is 10.7. The molecule has 7 nitrogen and oxygen atoms in total. The normalized spacial score (nSPS) is 12.2. The van der Waals surface area contributed by atoms with Gasteiger partial charge in [0.2, 0.25) is 5.91 Å². The molecule has 0 aliphatic carbocycles. The Hall–Kier alpha value is -1.63. The number of carbonyl (C=O) groups excluding carboxylic acids is 3. The van der Waals surface area contributed by atoms with Gasteiger partial charge < -0.3 is 19.3 Å². The average molecular weight is 723 g/mol. The molecule has 0 radical (unpaired) electrons. The highest BCUT2D eigenvalue weighted by molar-refractivity contribution is 5.78. The Bertz CT molecular complexity index is 743.